The Balaban J connectivity index is 0.00000289. The molecule has 0 amide bonds. The molecule has 6 heteroatoms. The van der Waals surface area contributed by atoms with Crippen LogP contribution in [0.2, 0.25) is 0 Å². The third kappa shape index (κ3) is 4.15. The van der Waals surface area contributed by atoms with Crippen LogP contribution in [0.25, 0.3) is 0 Å². The van der Waals surface area contributed by atoms with E-state index >= 15 is 0 Å². The number of aromatic carboxylic acids is 1. The molecule has 0 fully saturated rings. The Bertz CT molecular complexity index is 438. The monoisotopic (exact) mass is 337 g/mol. The summed E-state index contributed by atoms with van der Waals surface area (Å²) in [6.45, 7) is 4.04. The Labute approximate surface area is 121 Å². The highest BCUT2D eigenvalue weighted by Crippen LogP contribution is 2.33. The van der Waals surface area contributed by atoms with Crippen molar-refractivity contribution in [2.75, 3.05) is 0 Å². The lowest BCUT2D eigenvalue weighted by Crippen LogP contribution is -2.14. The second-order valence-corrected chi connectivity index (χ2v) is 5.35. The normalized spacial score (nSPS) is 12.1. The number of nitrogens with two attached hydrogens (primary N) is 1. The largest absolute Gasteiger partial charge is 0.507 e. The van der Waals surface area contributed by atoms with Crippen molar-refractivity contribution in [2.24, 2.45) is 11.7 Å². The number of phenols is 1. The average molecular weight is 339 g/mol. The van der Waals surface area contributed by atoms with E-state index in [-0.39, 0.29) is 29.8 Å². The van der Waals surface area contributed by atoms with Crippen molar-refractivity contribution >= 4 is 34.3 Å². The van der Waals surface area contributed by atoms with Gasteiger partial charge < -0.3 is 15.9 Å². The molecule has 1 aromatic carbocycles. The standard InChI is InChI=1S/C12H16BrNO3.ClH/c1-6(2)3-10(14)8-4-7(13)5-9(11(8)15)12(16)17;/h4-6,10,15H,3,14H2,1-2H3,(H,16,17);1H/t10-;/m0./s1. The number of hydrogen-bond acceptors (Lipinski definition) is 3. The number of carboxylic acids is 1. The Morgan fingerprint density at radius 1 is 1.44 bits per heavy atom. The molecule has 18 heavy (non-hydrogen) atoms. The van der Waals surface area contributed by atoms with Crippen molar-refractivity contribution in [1.82, 2.24) is 0 Å². The van der Waals surface area contributed by atoms with Crippen LogP contribution in [0.5, 0.6) is 5.75 Å². The van der Waals surface area contributed by atoms with Gasteiger partial charge in [0.2, 0.25) is 0 Å². The number of benzene rings is 1. The van der Waals surface area contributed by atoms with Gasteiger partial charge in [0, 0.05) is 16.1 Å². The van der Waals surface area contributed by atoms with Crippen LogP contribution in [0.3, 0.4) is 0 Å². The quantitative estimate of drug-likeness (QED) is 0.786. The van der Waals surface area contributed by atoms with E-state index in [1.807, 2.05) is 13.8 Å². The highest BCUT2D eigenvalue weighted by atomic mass is 79.9. The second-order valence-electron chi connectivity index (χ2n) is 4.43. The van der Waals surface area contributed by atoms with Gasteiger partial charge in [-0.15, -0.1) is 12.4 Å². The number of carbonyl (C=O) groups is 1. The maximum atomic E-state index is 10.9. The summed E-state index contributed by atoms with van der Waals surface area (Å²) in [5, 5.41) is 18.8. The third-order valence-electron chi connectivity index (χ3n) is 2.46. The first-order valence-electron chi connectivity index (χ1n) is 5.34. The Hall–Kier alpha value is -0.780. The van der Waals surface area contributed by atoms with Gasteiger partial charge in [-0.1, -0.05) is 29.8 Å². The number of hydrogen-bond donors (Lipinski definition) is 3. The summed E-state index contributed by atoms with van der Waals surface area (Å²) >= 11 is 3.22. The van der Waals surface area contributed by atoms with Gasteiger partial charge in [-0.3, -0.25) is 0 Å². The maximum absolute atomic E-state index is 10.9. The molecule has 4 nitrogen and oxygen atoms in total. The van der Waals surface area contributed by atoms with Gasteiger partial charge in [0.05, 0.1) is 0 Å². The second kappa shape index (κ2) is 6.97. The first-order chi connectivity index (χ1) is 7.82. The topological polar surface area (TPSA) is 83.6 Å². The van der Waals surface area contributed by atoms with Gasteiger partial charge in [0.1, 0.15) is 11.3 Å². The number of rotatable bonds is 4. The van der Waals surface area contributed by atoms with Crippen molar-refractivity contribution in [3.8, 4) is 5.75 Å². The zero-order chi connectivity index (χ0) is 13.2. The molecule has 0 bridgehead atoms. The molecule has 0 aromatic heterocycles. The van der Waals surface area contributed by atoms with Gasteiger partial charge in [0.15, 0.2) is 0 Å². The molecule has 0 aliphatic rings. The number of aromatic hydroxyl groups is 1. The predicted molar refractivity (Wildman–Crippen MR) is 76.4 cm³/mol. The van der Waals surface area contributed by atoms with Crippen molar-refractivity contribution in [3.05, 3.63) is 27.7 Å². The van der Waals surface area contributed by atoms with E-state index in [0.29, 0.717) is 22.4 Å². The van der Waals surface area contributed by atoms with Crippen molar-refractivity contribution in [2.45, 2.75) is 26.3 Å². The van der Waals surface area contributed by atoms with Crippen LogP contribution < -0.4 is 5.73 Å². The summed E-state index contributed by atoms with van der Waals surface area (Å²) in [7, 11) is 0. The molecule has 1 rings (SSSR count). The molecule has 0 spiro atoms. The van der Waals surface area contributed by atoms with Crippen LogP contribution >= 0.6 is 28.3 Å². The van der Waals surface area contributed by atoms with E-state index in [0.717, 1.165) is 0 Å². The SMILES string of the molecule is CC(C)C[C@H](N)c1cc(Br)cc(C(=O)O)c1O.Cl. The van der Waals surface area contributed by atoms with Gasteiger partial charge in [-0.2, -0.15) is 0 Å². The lowest BCUT2D eigenvalue weighted by Gasteiger charge is -2.17. The van der Waals surface area contributed by atoms with Crippen molar-refractivity contribution in [3.63, 3.8) is 0 Å². The fourth-order valence-corrected chi connectivity index (χ4v) is 2.18. The zero-order valence-corrected chi connectivity index (χ0v) is 12.6. The van der Waals surface area contributed by atoms with E-state index in [9.17, 15) is 9.90 Å². The van der Waals surface area contributed by atoms with E-state index in [2.05, 4.69) is 15.9 Å². The maximum Gasteiger partial charge on any atom is 0.339 e. The lowest BCUT2D eigenvalue weighted by atomic mass is 9.95. The van der Waals surface area contributed by atoms with Gasteiger partial charge in [-0.25, -0.2) is 4.79 Å². The summed E-state index contributed by atoms with van der Waals surface area (Å²) < 4.78 is 0.599. The first kappa shape index (κ1) is 17.2. The Kier molecular flexibility index (Phi) is 6.67. The molecule has 0 aliphatic heterocycles. The lowest BCUT2D eigenvalue weighted by molar-refractivity contribution is 0.0693. The molecule has 0 saturated heterocycles. The van der Waals surface area contributed by atoms with E-state index < -0.39 is 5.97 Å². The Morgan fingerprint density at radius 3 is 2.44 bits per heavy atom. The van der Waals surface area contributed by atoms with Gasteiger partial charge in [-0.05, 0) is 24.5 Å². The van der Waals surface area contributed by atoms with Crippen LogP contribution in [0, 0.1) is 5.92 Å². The fourth-order valence-electron chi connectivity index (χ4n) is 1.70. The summed E-state index contributed by atoms with van der Waals surface area (Å²) in [5.41, 5.74) is 6.29. The summed E-state index contributed by atoms with van der Waals surface area (Å²) in [6.07, 6.45) is 0.684. The van der Waals surface area contributed by atoms with Gasteiger partial charge >= 0.3 is 5.97 Å². The summed E-state index contributed by atoms with van der Waals surface area (Å²) in [4.78, 5) is 10.9. The van der Waals surface area contributed by atoms with Crippen LogP contribution in [0.15, 0.2) is 16.6 Å². The molecular weight excluding hydrogens is 321 g/mol. The minimum Gasteiger partial charge on any atom is -0.507 e. The highest BCUT2D eigenvalue weighted by Gasteiger charge is 2.19. The molecule has 4 N–H and O–H groups in total. The summed E-state index contributed by atoms with van der Waals surface area (Å²) in [5.74, 6) is -1.03. The average Bonchev–Trinajstić information content (AvgIpc) is 2.19. The van der Waals surface area contributed by atoms with Crippen molar-refractivity contribution in [1.29, 1.82) is 0 Å². The zero-order valence-electron chi connectivity index (χ0n) is 10.2. The van der Waals surface area contributed by atoms with E-state index in [1.165, 1.54) is 6.07 Å². The molecule has 102 valence electrons. The highest BCUT2D eigenvalue weighted by molar-refractivity contribution is 9.10. The predicted octanol–water partition coefficient (Wildman–Crippen LogP) is 3.32. The molecule has 1 atom stereocenters. The fraction of sp³-hybridized carbons (Fsp3) is 0.417. The number of halogens is 2. The van der Waals surface area contributed by atoms with E-state index in [1.54, 1.807) is 6.07 Å². The molecule has 0 radical (unpaired) electrons. The minimum absolute atomic E-state index is 0. The molecule has 1 aromatic rings. The van der Waals surface area contributed by atoms with Crippen molar-refractivity contribution < 1.29 is 15.0 Å². The minimum atomic E-state index is -1.17. The smallest absolute Gasteiger partial charge is 0.339 e. The molecular formula is C12H17BrClNO3. The van der Waals surface area contributed by atoms with E-state index in [4.69, 9.17) is 10.8 Å². The molecule has 0 saturated carbocycles. The number of carboxylic acid groups (broad SMARTS) is 1. The summed E-state index contributed by atoms with van der Waals surface area (Å²) in [6, 6.07) is 2.66. The van der Waals surface area contributed by atoms with Gasteiger partial charge in [0.25, 0.3) is 0 Å². The first-order valence-corrected chi connectivity index (χ1v) is 6.13. The molecule has 0 heterocycles. The van der Waals surface area contributed by atoms with Crippen LogP contribution in [-0.4, -0.2) is 16.2 Å². The molecule has 0 aliphatic carbocycles. The third-order valence-corrected chi connectivity index (χ3v) is 2.92. The Morgan fingerprint density at radius 2 is 2.00 bits per heavy atom. The molecule has 0 unspecified atom stereocenters. The van der Waals surface area contributed by atoms with Crippen LogP contribution in [-0.2, 0) is 0 Å². The van der Waals surface area contributed by atoms with Crippen LogP contribution in [0.4, 0.5) is 0 Å². The van der Waals surface area contributed by atoms with Crippen LogP contribution in [0.1, 0.15) is 42.2 Å².